The summed E-state index contributed by atoms with van der Waals surface area (Å²) in [7, 11) is 0. The lowest BCUT2D eigenvalue weighted by atomic mass is 10.3. The van der Waals surface area contributed by atoms with Gasteiger partial charge in [0.25, 0.3) is 0 Å². The van der Waals surface area contributed by atoms with E-state index in [1.165, 1.54) is 0 Å². The van der Waals surface area contributed by atoms with Crippen LogP contribution >= 0.6 is 0 Å². The van der Waals surface area contributed by atoms with Gasteiger partial charge in [-0.1, -0.05) is 6.07 Å². The number of nitrogens with zero attached hydrogens (tertiary/aromatic N) is 4. The minimum absolute atomic E-state index is 0.730. The van der Waals surface area contributed by atoms with E-state index in [0.717, 1.165) is 12.2 Å². The third-order valence-electron chi connectivity index (χ3n) is 1.54. The highest BCUT2D eigenvalue weighted by Gasteiger charge is 1.93. The highest BCUT2D eigenvalue weighted by atomic mass is 15.2. The molecule has 4 heteroatoms. The summed E-state index contributed by atoms with van der Waals surface area (Å²) in [6.07, 6.45) is 5.13. The lowest BCUT2D eigenvalue weighted by Crippen LogP contribution is -1.97. The number of hydrogen-bond donors (Lipinski definition) is 0. The molecule has 2 aromatic heterocycles. The fourth-order valence-electron chi connectivity index (χ4n) is 0.982. The summed E-state index contributed by atoms with van der Waals surface area (Å²) in [5.41, 5.74) is 1.01. The SMILES string of the molecule is c1ccc(Cn2cnnc2)nc1. The Bertz CT molecular complexity index is 327. The molecule has 0 aliphatic rings. The van der Waals surface area contributed by atoms with Crippen LogP contribution in [0.4, 0.5) is 0 Å². The number of pyridine rings is 1. The zero-order chi connectivity index (χ0) is 8.23. The van der Waals surface area contributed by atoms with Crippen molar-refractivity contribution < 1.29 is 0 Å². The van der Waals surface area contributed by atoms with Gasteiger partial charge in [-0.15, -0.1) is 10.2 Å². The van der Waals surface area contributed by atoms with E-state index in [0.29, 0.717) is 0 Å². The average molecular weight is 160 g/mol. The van der Waals surface area contributed by atoms with Crippen molar-refractivity contribution in [2.24, 2.45) is 0 Å². The summed E-state index contributed by atoms with van der Waals surface area (Å²) >= 11 is 0. The maximum Gasteiger partial charge on any atom is 0.119 e. The molecule has 0 saturated heterocycles. The molecule has 4 nitrogen and oxygen atoms in total. The fraction of sp³-hybridized carbons (Fsp3) is 0.125. The second kappa shape index (κ2) is 3.13. The molecule has 0 aliphatic carbocycles. The third-order valence-corrected chi connectivity index (χ3v) is 1.54. The first-order chi connectivity index (χ1) is 5.95. The predicted molar refractivity (Wildman–Crippen MR) is 43.4 cm³/mol. The maximum atomic E-state index is 4.18. The molecule has 0 unspecified atom stereocenters. The van der Waals surface area contributed by atoms with Gasteiger partial charge in [-0.3, -0.25) is 4.98 Å². The Morgan fingerprint density at radius 1 is 1.17 bits per heavy atom. The van der Waals surface area contributed by atoms with E-state index < -0.39 is 0 Å². The Labute approximate surface area is 69.9 Å². The van der Waals surface area contributed by atoms with Crippen LogP contribution < -0.4 is 0 Å². The van der Waals surface area contributed by atoms with Gasteiger partial charge in [-0.2, -0.15) is 0 Å². The monoisotopic (exact) mass is 160 g/mol. The van der Waals surface area contributed by atoms with E-state index in [4.69, 9.17) is 0 Å². The van der Waals surface area contributed by atoms with Gasteiger partial charge in [0.2, 0.25) is 0 Å². The Kier molecular flexibility index (Phi) is 1.82. The predicted octanol–water partition coefficient (Wildman–Crippen LogP) is 0.721. The molecule has 0 N–H and O–H groups in total. The molecule has 0 saturated carbocycles. The van der Waals surface area contributed by atoms with E-state index in [9.17, 15) is 0 Å². The highest BCUT2D eigenvalue weighted by molar-refractivity contribution is 5.03. The number of rotatable bonds is 2. The van der Waals surface area contributed by atoms with Crippen molar-refractivity contribution in [3.05, 3.63) is 42.7 Å². The van der Waals surface area contributed by atoms with Crippen LogP contribution in [0.15, 0.2) is 37.1 Å². The van der Waals surface area contributed by atoms with Gasteiger partial charge >= 0.3 is 0 Å². The van der Waals surface area contributed by atoms with Crippen LogP contribution in [-0.2, 0) is 6.54 Å². The van der Waals surface area contributed by atoms with E-state index in [2.05, 4.69) is 15.2 Å². The standard InChI is InChI=1S/C8H8N4/c1-2-4-9-8(3-1)5-12-6-10-11-7-12/h1-4,6-7H,5H2. The summed E-state index contributed by atoms with van der Waals surface area (Å²) < 4.78 is 1.88. The summed E-state index contributed by atoms with van der Waals surface area (Å²) in [6.45, 7) is 0.730. The molecule has 0 spiro atoms. The summed E-state index contributed by atoms with van der Waals surface area (Å²) in [4.78, 5) is 4.18. The van der Waals surface area contributed by atoms with Crippen LogP contribution in [0.5, 0.6) is 0 Å². The molecule has 0 aliphatic heterocycles. The van der Waals surface area contributed by atoms with Crippen molar-refractivity contribution in [2.75, 3.05) is 0 Å². The molecule has 0 bridgehead atoms. The molecule has 0 fully saturated rings. The highest BCUT2D eigenvalue weighted by Crippen LogP contribution is 1.95. The lowest BCUT2D eigenvalue weighted by Gasteiger charge is -1.98. The van der Waals surface area contributed by atoms with Gasteiger partial charge in [0.15, 0.2) is 0 Å². The lowest BCUT2D eigenvalue weighted by molar-refractivity contribution is 0.770. The topological polar surface area (TPSA) is 43.6 Å². The van der Waals surface area contributed by atoms with Crippen LogP contribution in [0, 0.1) is 0 Å². The first kappa shape index (κ1) is 6.97. The van der Waals surface area contributed by atoms with Crippen molar-refractivity contribution in [1.82, 2.24) is 19.7 Å². The molecule has 0 aromatic carbocycles. The van der Waals surface area contributed by atoms with Gasteiger partial charge in [0, 0.05) is 6.20 Å². The summed E-state index contributed by atoms with van der Waals surface area (Å²) in [5.74, 6) is 0. The molecule has 0 atom stereocenters. The first-order valence-electron chi connectivity index (χ1n) is 3.67. The van der Waals surface area contributed by atoms with Crippen molar-refractivity contribution in [2.45, 2.75) is 6.54 Å². The van der Waals surface area contributed by atoms with Gasteiger partial charge in [-0.05, 0) is 12.1 Å². The molecule has 2 aromatic rings. The van der Waals surface area contributed by atoms with Gasteiger partial charge < -0.3 is 4.57 Å². The molecule has 2 rings (SSSR count). The Balaban J connectivity index is 2.15. The van der Waals surface area contributed by atoms with Crippen LogP contribution in [-0.4, -0.2) is 19.7 Å². The molecule has 12 heavy (non-hydrogen) atoms. The van der Waals surface area contributed by atoms with Gasteiger partial charge in [0.05, 0.1) is 12.2 Å². The smallest absolute Gasteiger partial charge is 0.119 e. The quantitative estimate of drug-likeness (QED) is 0.650. The molecule has 0 amide bonds. The van der Waals surface area contributed by atoms with Gasteiger partial charge in [-0.25, -0.2) is 0 Å². The zero-order valence-corrected chi connectivity index (χ0v) is 6.46. The minimum atomic E-state index is 0.730. The Hall–Kier alpha value is -1.71. The second-order valence-corrected chi connectivity index (χ2v) is 2.46. The Morgan fingerprint density at radius 2 is 2.00 bits per heavy atom. The molecule has 60 valence electrons. The first-order valence-corrected chi connectivity index (χ1v) is 3.67. The summed E-state index contributed by atoms with van der Waals surface area (Å²) in [5, 5.41) is 7.41. The zero-order valence-electron chi connectivity index (χ0n) is 6.46. The van der Waals surface area contributed by atoms with Crippen molar-refractivity contribution in [3.63, 3.8) is 0 Å². The molecular weight excluding hydrogens is 152 g/mol. The van der Waals surface area contributed by atoms with Crippen LogP contribution in [0.25, 0.3) is 0 Å². The number of hydrogen-bond acceptors (Lipinski definition) is 3. The average Bonchev–Trinajstić information content (AvgIpc) is 2.59. The number of aromatic nitrogens is 4. The molecule has 0 radical (unpaired) electrons. The van der Waals surface area contributed by atoms with Crippen molar-refractivity contribution in [3.8, 4) is 0 Å². The van der Waals surface area contributed by atoms with Crippen molar-refractivity contribution >= 4 is 0 Å². The Morgan fingerprint density at radius 3 is 2.67 bits per heavy atom. The normalized spacial score (nSPS) is 10.0. The maximum absolute atomic E-state index is 4.18. The fourth-order valence-corrected chi connectivity index (χ4v) is 0.982. The van der Waals surface area contributed by atoms with Crippen LogP contribution in [0.3, 0.4) is 0 Å². The third kappa shape index (κ3) is 1.47. The molecular formula is C8H8N4. The van der Waals surface area contributed by atoms with E-state index >= 15 is 0 Å². The van der Waals surface area contributed by atoms with Crippen LogP contribution in [0.1, 0.15) is 5.69 Å². The van der Waals surface area contributed by atoms with E-state index in [-0.39, 0.29) is 0 Å². The van der Waals surface area contributed by atoms with E-state index in [1.807, 2.05) is 22.8 Å². The van der Waals surface area contributed by atoms with Crippen LogP contribution in [0.2, 0.25) is 0 Å². The summed E-state index contributed by atoms with van der Waals surface area (Å²) in [6, 6.07) is 5.84. The van der Waals surface area contributed by atoms with Gasteiger partial charge in [0.1, 0.15) is 12.7 Å². The minimum Gasteiger partial charge on any atom is -0.314 e. The second-order valence-electron chi connectivity index (χ2n) is 2.46. The largest absolute Gasteiger partial charge is 0.314 e. The van der Waals surface area contributed by atoms with Crippen molar-refractivity contribution in [1.29, 1.82) is 0 Å². The molecule has 2 heterocycles. The van der Waals surface area contributed by atoms with E-state index in [1.54, 1.807) is 18.9 Å².